The number of carbonyl (C=O) groups is 2. The van der Waals surface area contributed by atoms with E-state index in [0.29, 0.717) is 19.1 Å². The molecule has 0 aliphatic heterocycles. The van der Waals surface area contributed by atoms with Crippen LogP contribution in [0.2, 0.25) is 0 Å². The Bertz CT molecular complexity index is 154. The summed E-state index contributed by atoms with van der Waals surface area (Å²) in [4.78, 5) is 23.9. The monoisotopic (exact) mass is 157 g/mol. The number of aliphatic imine (C=N–C) groups is 1. The molecule has 0 N–H and O–H groups in total. The minimum absolute atomic E-state index is 0.168. The quantitative estimate of drug-likeness (QED) is 0.325. The maximum atomic E-state index is 10.5. The number of hydrogen-bond donors (Lipinski definition) is 0. The smallest absolute Gasteiger partial charge is 0.305 e. The van der Waals surface area contributed by atoms with Gasteiger partial charge in [-0.05, 0) is 12.6 Å². The number of hydrogen-bond acceptors (Lipinski definition) is 4. The average Bonchev–Trinajstić information content (AvgIpc) is 2.04. The molecule has 0 aromatic rings. The molecule has 0 spiro atoms. The van der Waals surface area contributed by atoms with Gasteiger partial charge in [-0.15, -0.1) is 0 Å². The van der Waals surface area contributed by atoms with Crippen LogP contribution in [0.3, 0.4) is 0 Å². The van der Waals surface area contributed by atoms with Gasteiger partial charge in [0.15, 0.2) is 0 Å². The van der Waals surface area contributed by atoms with E-state index in [-0.39, 0.29) is 12.5 Å². The zero-order chi connectivity index (χ0) is 8.53. The number of rotatable bonds is 5. The summed E-state index contributed by atoms with van der Waals surface area (Å²) in [5.74, 6) is -0.262. The zero-order valence-electron chi connectivity index (χ0n) is 6.45. The van der Waals surface area contributed by atoms with E-state index in [1.807, 2.05) is 0 Å². The molecule has 0 bridgehead atoms. The molecule has 4 nitrogen and oxygen atoms in total. The van der Waals surface area contributed by atoms with Crippen molar-refractivity contribution in [3.8, 4) is 0 Å². The Labute approximate surface area is 65.3 Å². The summed E-state index contributed by atoms with van der Waals surface area (Å²) in [5.41, 5.74) is 0. The Kier molecular flexibility index (Phi) is 6.17. The predicted octanol–water partition coefficient (Wildman–Crippen LogP) is 0.209. The molecular weight excluding hydrogens is 146 g/mol. The van der Waals surface area contributed by atoms with E-state index in [9.17, 15) is 9.59 Å². The van der Waals surface area contributed by atoms with Gasteiger partial charge in [0.2, 0.25) is 0 Å². The fraction of sp³-hybridized carbons (Fsp3) is 0.571. The summed E-state index contributed by atoms with van der Waals surface area (Å²) >= 11 is 0. The van der Waals surface area contributed by atoms with Gasteiger partial charge in [-0.25, -0.2) is 0 Å². The SMILES string of the molecule is COC(=O)CCC=NCC=O. The van der Waals surface area contributed by atoms with Crippen molar-refractivity contribution in [2.24, 2.45) is 4.99 Å². The first-order chi connectivity index (χ1) is 5.31. The van der Waals surface area contributed by atoms with Crippen molar-refractivity contribution in [3.63, 3.8) is 0 Å². The lowest BCUT2D eigenvalue weighted by atomic mass is 10.3. The normalized spacial score (nSPS) is 9.91. The van der Waals surface area contributed by atoms with Crippen LogP contribution >= 0.6 is 0 Å². The second kappa shape index (κ2) is 6.92. The van der Waals surface area contributed by atoms with Gasteiger partial charge in [-0.3, -0.25) is 9.79 Å². The van der Waals surface area contributed by atoms with Crippen molar-refractivity contribution in [3.05, 3.63) is 0 Å². The molecule has 0 atom stereocenters. The fourth-order valence-electron chi connectivity index (χ4n) is 0.493. The molecule has 4 heteroatoms. The van der Waals surface area contributed by atoms with Crippen LogP contribution in [0.1, 0.15) is 12.8 Å². The first kappa shape index (κ1) is 9.81. The van der Waals surface area contributed by atoms with E-state index in [1.165, 1.54) is 7.11 Å². The van der Waals surface area contributed by atoms with E-state index in [4.69, 9.17) is 0 Å². The van der Waals surface area contributed by atoms with Crippen LogP contribution < -0.4 is 0 Å². The molecule has 0 radical (unpaired) electrons. The molecule has 0 amide bonds. The summed E-state index contributed by atoms with van der Waals surface area (Å²) in [6, 6.07) is 0. The summed E-state index contributed by atoms with van der Waals surface area (Å²) in [6.07, 6.45) is 3.10. The van der Waals surface area contributed by atoms with Gasteiger partial charge < -0.3 is 9.53 Å². The van der Waals surface area contributed by atoms with Gasteiger partial charge in [0.1, 0.15) is 6.29 Å². The average molecular weight is 157 g/mol. The molecule has 11 heavy (non-hydrogen) atoms. The Morgan fingerprint density at radius 1 is 1.64 bits per heavy atom. The van der Waals surface area contributed by atoms with E-state index in [0.717, 1.165) is 0 Å². The largest absolute Gasteiger partial charge is 0.469 e. The van der Waals surface area contributed by atoms with Crippen LogP contribution in [0.4, 0.5) is 0 Å². The van der Waals surface area contributed by atoms with Crippen LogP contribution in [0.5, 0.6) is 0 Å². The molecule has 0 unspecified atom stereocenters. The highest BCUT2D eigenvalue weighted by molar-refractivity contribution is 5.73. The highest BCUT2D eigenvalue weighted by Crippen LogP contribution is 1.87. The number of aldehydes is 1. The third-order valence-corrected chi connectivity index (χ3v) is 1.01. The molecule has 0 heterocycles. The lowest BCUT2D eigenvalue weighted by Gasteiger charge is -1.92. The third kappa shape index (κ3) is 6.70. The molecule has 62 valence electrons. The standard InChI is InChI=1S/C7H11NO3/c1-11-7(10)3-2-4-8-5-6-9/h4,6H,2-3,5H2,1H3. The predicted molar refractivity (Wildman–Crippen MR) is 40.7 cm³/mol. The Balaban J connectivity index is 3.25. The van der Waals surface area contributed by atoms with E-state index in [2.05, 4.69) is 9.73 Å². The second-order valence-corrected chi connectivity index (χ2v) is 1.83. The summed E-state index contributed by atoms with van der Waals surface area (Å²) in [7, 11) is 1.34. The van der Waals surface area contributed by atoms with E-state index >= 15 is 0 Å². The van der Waals surface area contributed by atoms with Crippen LogP contribution in [0, 0.1) is 0 Å². The van der Waals surface area contributed by atoms with Crippen LogP contribution in [0.25, 0.3) is 0 Å². The summed E-state index contributed by atoms with van der Waals surface area (Å²) < 4.78 is 4.39. The molecule has 0 aliphatic carbocycles. The highest BCUT2D eigenvalue weighted by Gasteiger charge is 1.95. The van der Waals surface area contributed by atoms with E-state index in [1.54, 1.807) is 6.21 Å². The fourth-order valence-corrected chi connectivity index (χ4v) is 0.493. The van der Waals surface area contributed by atoms with Gasteiger partial charge in [0.25, 0.3) is 0 Å². The van der Waals surface area contributed by atoms with Crippen LogP contribution in [0.15, 0.2) is 4.99 Å². The molecule has 0 rings (SSSR count). The number of methoxy groups -OCH3 is 1. The van der Waals surface area contributed by atoms with Crippen molar-refractivity contribution in [1.82, 2.24) is 0 Å². The maximum Gasteiger partial charge on any atom is 0.305 e. The van der Waals surface area contributed by atoms with Gasteiger partial charge in [0, 0.05) is 0 Å². The number of ether oxygens (including phenoxy) is 1. The Morgan fingerprint density at radius 3 is 2.91 bits per heavy atom. The van der Waals surface area contributed by atoms with Gasteiger partial charge in [0.05, 0.1) is 20.1 Å². The summed E-state index contributed by atoms with van der Waals surface area (Å²) in [5, 5.41) is 0. The van der Waals surface area contributed by atoms with Crippen molar-refractivity contribution < 1.29 is 14.3 Å². The van der Waals surface area contributed by atoms with Crippen molar-refractivity contribution >= 4 is 18.5 Å². The molecular formula is C7H11NO3. The molecule has 0 saturated heterocycles. The first-order valence-electron chi connectivity index (χ1n) is 3.30. The second-order valence-electron chi connectivity index (χ2n) is 1.83. The first-order valence-corrected chi connectivity index (χ1v) is 3.30. The van der Waals surface area contributed by atoms with Crippen molar-refractivity contribution in [1.29, 1.82) is 0 Å². The zero-order valence-corrected chi connectivity index (χ0v) is 6.45. The summed E-state index contributed by atoms with van der Waals surface area (Å²) in [6.45, 7) is 0.168. The lowest BCUT2D eigenvalue weighted by molar-refractivity contribution is -0.140. The Morgan fingerprint density at radius 2 is 2.36 bits per heavy atom. The van der Waals surface area contributed by atoms with Gasteiger partial charge >= 0.3 is 5.97 Å². The van der Waals surface area contributed by atoms with Gasteiger partial charge in [-0.1, -0.05) is 0 Å². The Hall–Kier alpha value is -1.19. The molecule has 0 aromatic heterocycles. The number of nitrogens with zero attached hydrogens (tertiary/aromatic N) is 1. The number of carbonyl (C=O) groups excluding carboxylic acids is 2. The molecule has 0 aliphatic rings. The maximum absolute atomic E-state index is 10.5. The topological polar surface area (TPSA) is 55.7 Å². The van der Waals surface area contributed by atoms with Crippen molar-refractivity contribution in [2.45, 2.75) is 12.8 Å². The third-order valence-electron chi connectivity index (χ3n) is 1.01. The number of esters is 1. The molecule has 0 aromatic carbocycles. The van der Waals surface area contributed by atoms with Crippen molar-refractivity contribution in [2.75, 3.05) is 13.7 Å². The lowest BCUT2D eigenvalue weighted by Crippen LogP contribution is -1.99. The minimum atomic E-state index is -0.262. The van der Waals surface area contributed by atoms with Crippen LogP contribution in [-0.4, -0.2) is 32.1 Å². The highest BCUT2D eigenvalue weighted by atomic mass is 16.5. The molecule has 0 fully saturated rings. The molecule has 0 saturated carbocycles. The van der Waals surface area contributed by atoms with Crippen LogP contribution in [-0.2, 0) is 14.3 Å². The van der Waals surface area contributed by atoms with E-state index < -0.39 is 0 Å². The van der Waals surface area contributed by atoms with Gasteiger partial charge in [-0.2, -0.15) is 0 Å². The minimum Gasteiger partial charge on any atom is -0.469 e.